The van der Waals surface area contributed by atoms with Crippen LogP contribution in [0.1, 0.15) is 36.1 Å². The van der Waals surface area contributed by atoms with Crippen LogP contribution in [0.5, 0.6) is 0 Å². The Bertz CT molecular complexity index is 598. The lowest BCUT2D eigenvalue weighted by Crippen LogP contribution is -2.25. The first-order valence-electron chi connectivity index (χ1n) is 7.34. The standard InChI is InChI=1S/C18H21ClFN/c1-3-10-21-18(12-14-6-4-5-7-17(14)20)16-9-8-15(19)11-13(16)2/h4-9,11,18,21H,3,10,12H2,1-2H3. The maximum Gasteiger partial charge on any atom is 0.126 e. The molecule has 0 bridgehead atoms. The van der Waals surface area contributed by atoms with Crippen LogP contribution in [0.15, 0.2) is 42.5 Å². The molecule has 0 amide bonds. The summed E-state index contributed by atoms with van der Waals surface area (Å²) in [5.41, 5.74) is 3.05. The zero-order valence-electron chi connectivity index (χ0n) is 12.5. The van der Waals surface area contributed by atoms with Crippen molar-refractivity contribution < 1.29 is 4.39 Å². The number of benzene rings is 2. The normalized spacial score (nSPS) is 12.4. The Morgan fingerprint density at radius 1 is 1.19 bits per heavy atom. The van der Waals surface area contributed by atoms with Gasteiger partial charge in [-0.05, 0) is 61.2 Å². The minimum Gasteiger partial charge on any atom is -0.310 e. The van der Waals surface area contributed by atoms with Gasteiger partial charge < -0.3 is 5.32 Å². The van der Waals surface area contributed by atoms with Crippen LogP contribution in [-0.2, 0) is 6.42 Å². The van der Waals surface area contributed by atoms with Gasteiger partial charge in [0.2, 0.25) is 0 Å². The van der Waals surface area contributed by atoms with E-state index in [9.17, 15) is 4.39 Å². The van der Waals surface area contributed by atoms with Crippen LogP contribution in [0, 0.1) is 12.7 Å². The molecular formula is C18H21ClFN. The molecule has 21 heavy (non-hydrogen) atoms. The molecule has 3 heteroatoms. The summed E-state index contributed by atoms with van der Waals surface area (Å²) in [6.07, 6.45) is 1.68. The summed E-state index contributed by atoms with van der Waals surface area (Å²) >= 11 is 6.03. The predicted octanol–water partition coefficient (Wildman–Crippen LogP) is 5.07. The molecule has 0 aliphatic heterocycles. The molecule has 2 aromatic rings. The second kappa shape index (κ2) is 7.58. The van der Waals surface area contributed by atoms with Gasteiger partial charge in [0.25, 0.3) is 0 Å². The van der Waals surface area contributed by atoms with E-state index in [1.807, 2.05) is 37.3 Å². The monoisotopic (exact) mass is 305 g/mol. The molecule has 0 aliphatic carbocycles. The Kier molecular flexibility index (Phi) is 5.77. The van der Waals surface area contributed by atoms with Crippen LogP contribution < -0.4 is 5.32 Å². The van der Waals surface area contributed by atoms with E-state index in [1.165, 1.54) is 11.6 Å². The van der Waals surface area contributed by atoms with Crippen LogP contribution >= 0.6 is 11.6 Å². The molecule has 1 nitrogen and oxygen atoms in total. The van der Waals surface area contributed by atoms with Gasteiger partial charge in [-0.2, -0.15) is 0 Å². The molecule has 112 valence electrons. The zero-order valence-corrected chi connectivity index (χ0v) is 13.3. The van der Waals surface area contributed by atoms with E-state index in [0.29, 0.717) is 6.42 Å². The van der Waals surface area contributed by atoms with E-state index in [-0.39, 0.29) is 11.9 Å². The molecule has 2 rings (SSSR count). The number of hydrogen-bond donors (Lipinski definition) is 1. The minimum atomic E-state index is -0.146. The average molecular weight is 306 g/mol. The molecule has 0 fully saturated rings. The van der Waals surface area contributed by atoms with E-state index >= 15 is 0 Å². The molecule has 0 saturated carbocycles. The van der Waals surface area contributed by atoms with E-state index in [2.05, 4.69) is 12.2 Å². The first kappa shape index (κ1) is 16.0. The highest BCUT2D eigenvalue weighted by Crippen LogP contribution is 2.25. The van der Waals surface area contributed by atoms with Crippen LogP contribution in [0.25, 0.3) is 0 Å². The van der Waals surface area contributed by atoms with Gasteiger partial charge in [-0.25, -0.2) is 4.39 Å². The van der Waals surface area contributed by atoms with Gasteiger partial charge in [0.15, 0.2) is 0 Å². The highest BCUT2D eigenvalue weighted by Gasteiger charge is 2.15. The molecule has 0 aliphatic rings. The van der Waals surface area contributed by atoms with Crippen molar-refractivity contribution in [2.24, 2.45) is 0 Å². The largest absolute Gasteiger partial charge is 0.310 e. The van der Waals surface area contributed by atoms with E-state index < -0.39 is 0 Å². The third kappa shape index (κ3) is 4.29. The molecule has 0 radical (unpaired) electrons. The van der Waals surface area contributed by atoms with Crippen molar-refractivity contribution in [2.75, 3.05) is 6.54 Å². The maximum atomic E-state index is 13.9. The lowest BCUT2D eigenvalue weighted by molar-refractivity contribution is 0.511. The Labute approximate surface area is 131 Å². The molecule has 0 heterocycles. The van der Waals surface area contributed by atoms with Gasteiger partial charge >= 0.3 is 0 Å². The number of hydrogen-bond acceptors (Lipinski definition) is 1. The first-order chi connectivity index (χ1) is 10.1. The highest BCUT2D eigenvalue weighted by atomic mass is 35.5. The second-order valence-corrected chi connectivity index (χ2v) is 5.74. The molecule has 0 saturated heterocycles. The number of halogens is 2. The summed E-state index contributed by atoms with van der Waals surface area (Å²) in [6.45, 7) is 5.08. The molecule has 0 aromatic heterocycles. The quantitative estimate of drug-likeness (QED) is 0.785. The Hall–Kier alpha value is -1.38. The topological polar surface area (TPSA) is 12.0 Å². The number of aryl methyl sites for hydroxylation is 1. The van der Waals surface area contributed by atoms with Gasteiger partial charge in [0.1, 0.15) is 5.82 Å². The van der Waals surface area contributed by atoms with Crippen LogP contribution in [0.4, 0.5) is 4.39 Å². The molecule has 0 spiro atoms. The van der Waals surface area contributed by atoms with E-state index in [0.717, 1.165) is 29.1 Å². The van der Waals surface area contributed by atoms with Crippen molar-refractivity contribution in [1.82, 2.24) is 5.32 Å². The van der Waals surface area contributed by atoms with Gasteiger partial charge in [0.05, 0.1) is 0 Å². The fraction of sp³-hybridized carbons (Fsp3) is 0.333. The lowest BCUT2D eigenvalue weighted by atomic mass is 9.95. The Morgan fingerprint density at radius 3 is 2.62 bits per heavy atom. The fourth-order valence-corrected chi connectivity index (χ4v) is 2.75. The van der Waals surface area contributed by atoms with Gasteiger partial charge in [-0.1, -0.05) is 42.8 Å². The van der Waals surface area contributed by atoms with Gasteiger partial charge in [0, 0.05) is 11.1 Å². The summed E-state index contributed by atoms with van der Waals surface area (Å²) in [5.74, 6) is -0.146. The van der Waals surface area contributed by atoms with E-state index in [1.54, 1.807) is 6.07 Å². The Morgan fingerprint density at radius 2 is 1.95 bits per heavy atom. The molecule has 1 N–H and O–H groups in total. The summed E-state index contributed by atoms with van der Waals surface area (Å²) < 4.78 is 13.9. The third-order valence-electron chi connectivity index (χ3n) is 3.63. The molecular weight excluding hydrogens is 285 g/mol. The molecule has 1 atom stereocenters. The van der Waals surface area contributed by atoms with Crippen molar-refractivity contribution in [2.45, 2.75) is 32.7 Å². The van der Waals surface area contributed by atoms with Crippen molar-refractivity contribution in [3.8, 4) is 0 Å². The first-order valence-corrected chi connectivity index (χ1v) is 7.72. The average Bonchev–Trinajstić information content (AvgIpc) is 2.46. The molecule has 1 unspecified atom stereocenters. The lowest BCUT2D eigenvalue weighted by Gasteiger charge is -2.21. The number of nitrogens with one attached hydrogen (secondary N) is 1. The third-order valence-corrected chi connectivity index (χ3v) is 3.86. The molecule has 2 aromatic carbocycles. The van der Waals surface area contributed by atoms with Crippen molar-refractivity contribution in [3.63, 3.8) is 0 Å². The smallest absolute Gasteiger partial charge is 0.126 e. The van der Waals surface area contributed by atoms with Crippen LogP contribution in [0.3, 0.4) is 0 Å². The fourth-order valence-electron chi connectivity index (χ4n) is 2.52. The summed E-state index contributed by atoms with van der Waals surface area (Å²) in [7, 11) is 0. The maximum absolute atomic E-state index is 13.9. The highest BCUT2D eigenvalue weighted by molar-refractivity contribution is 6.30. The summed E-state index contributed by atoms with van der Waals surface area (Å²) in [4.78, 5) is 0. The van der Waals surface area contributed by atoms with Crippen LogP contribution in [0.2, 0.25) is 5.02 Å². The second-order valence-electron chi connectivity index (χ2n) is 5.30. The summed E-state index contributed by atoms with van der Waals surface area (Å²) in [6, 6.07) is 12.9. The van der Waals surface area contributed by atoms with Crippen LogP contribution in [-0.4, -0.2) is 6.54 Å². The SMILES string of the molecule is CCCNC(Cc1ccccc1F)c1ccc(Cl)cc1C. The predicted molar refractivity (Wildman–Crippen MR) is 87.3 cm³/mol. The van der Waals surface area contributed by atoms with Gasteiger partial charge in [-0.15, -0.1) is 0 Å². The summed E-state index contributed by atoms with van der Waals surface area (Å²) in [5, 5.41) is 4.24. The number of rotatable bonds is 6. The minimum absolute atomic E-state index is 0.0964. The van der Waals surface area contributed by atoms with Crippen molar-refractivity contribution in [1.29, 1.82) is 0 Å². The van der Waals surface area contributed by atoms with Gasteiger partial charge in [-0.3, -0.25) is 0 Å². The van der Waals surface area contributed by atoms with Crippen molar-refractivity contribution in [3.05, 3.63) is 70.0 Å². The van der Waals surface area contributed by atoms with Crippen molar-refractivity contribution >= 4 is 11.6 Å². The zero-order chi connectivity index (χ0) is 15.2. The Balaban J connectivity index is 2.27. The van der Waals surface area contributed by atoms with E-state index in [4.69, 9.17) is 11.6 Å².